The molecule has 0 aromatic rings. The minimum absolute atomic E-state index is 0. The van der Waals surface area contributed by atoms with E-state index in [9.17, 15) is 4.21 Å². The van der Waals surface area contributed by atoms with Crippen molar-refractivity contribution in [2.45, 2.75) is 71.5 Å². The lowest BCUT2D eigenvalue weighted by atomic mass is 9.97. The molecule has 0 aliphatic heterocycles. The smallest absolute Gasteiger partial charge is 0.191 e. The topological polar surface area (TPSA) is 53.5 Å². The summed E-state index contributed by atoms with van der Waals surface area (Å²) in [5.74, 6) is 2.19. The van der Waals surface area contributed by atoms with E-state index in [2.05, 4.69) is 29.5 Å². The van der Waals surface area contributed by atoms with Gasteiger partial charge in [-0.25, -0.2) is 0 Å². The van der Waals surface area contributed by atoms with Gasteiger partial charge in [-0.1, -0.05) is 33.1 Å². The summed E-state index contributed by atoms with van der Waals surface area (Å²) in [4.78, 5) is 4.25. The first-order chi connectivity index (χ1) is 10.3. The van der Waals surface area contributed by atoms with Gasteiger partial charge in [0.15, 0.2) is 5.96 Å². The maximum Gasteiger partial charge on any atom is 0.191 e. The first-order valence-corrected chi connectivity index (χ1v) is 10.00. The Morgan fingerprint density at radius 3 is 2.26 bits per heavy atom. The molecule has 0 bridgehead atoms. The van der Waals surface area contributed by atoms with Crippen molar-refractivity contribution in [1.82, 2.24) is 10.6 Å². The molecule has 23 heavy (non-hydrogen) atoms. The highest BCUT2D eigenvalue weighted by Crippen LogP contribution is 2.13. The third-order valence-corrected chi connectivity index (χ3v) is 5.65. The molecule has 4 nitrogen and oxygen atoms in total. The van der Waals surface area contributed by atoms with Gasteiger partial charge in [0.1, 0.15) is 0 Å². The maximum absolute atomic E-state index is 12.0. The molecule has 0 heterocycles. The zero-order valence-electron chi connectivity index (χ0n) is 15.9. The molecular formula is C17H38IN3OS. The molecule has 0 saturated heterocycles. The van der Waals surface area contributed by atoms with Gasteiger partial charge in [-0.05, 0) is 39.5 Å². The third-order valence-electron chi connectivity index (χ3n) is 3.71. The van der Waals surface area contributed by atoms with E-state index in [-0.39, 0.29) is 28.7 Å². The van der Waals surface area contributed by atoms with Crippen molar-refractivity contribution in [3.05, 3.63) is 0 Å². The Bertz CT molecular complexity index is 343. The molecule has 0 aliphatic rings. The van der Waals surface area contributed by atoms with Crippen LogP contribution in [0.5, 0.6) is 0 Å². The summed E-state index contributed by atoms with van der Waals surface area (Å²) in [5, 5.41) is 6.69. The Morgan fingerprint density at radius 1 is 1.13 bits per heavy atom. The van der Waals surface area contributed by atoms with Crippen LogP contribution in [0.1, 0.15) is 66.7 Å². The summed E-state index contributed by atoms with van der Waals surface area (Å²) in [5.41, 5.74) is 0. The van der Waals surface area contributed by atoms with Crippen LogP contribution in [-0.4, -0.2) is 40.8 Å². The van der Waals surface area contributed by atoms with E-state index in [1.807, 2.05) is 20.8 Å². The van der Waals surface area contributed by atoms with Crippen LogP contribution in [0, 0.1) is 5.92 Å². The van der Waals surface area contributed by atoms with Crippen LogP contribution >= 0.6 is 24.0 Å². The summed E-state index contributed by atoms with van der Waals surface area (Å²) in [6.45, 7) is 12.2. The molecule has 2 N–H and O–H groups in total. The highest BCUT2D eigenvalue weighted by atomic mass is 127. The van der Waals surface area contributed by atoms with Crippen LogP contribution in [0.3, 0.4) is 0 Å². The number of aliphatic imine (C=N–C) groups is 1. The number of hydrogen-bond acceptors (Lipinski definition) is 2. The molecule has 0 saturated carbocycles. The second kappa shape index (κ2) is 14.5. The zero-order valence-corrected chi connectivity index (χ0v) is 19.1. The summed E-state index contributed by atoms with van der Waals surface area (Å²) in [6, 6.07) is 0. The van der Waals surface area contributed by atoms with Gasteiger partial charge in [0.05, 0.1) is 0 Å². The van der Waals surface area contributed by atoms with Crippen molar-refractivity contribution in [1.29, 1.82) is 0 Å². The maximum atomic E-state index is 12.0. The van der Waals surface area contributed by atoms with Crippen LogP contribution in [0.25, 0.3) is 0 Å². The monoisotopic (exact) mass is 459 g/mol. The minimum Gasteiger partial charge on any atom is -0.356 e. The number of halogens is 1. The van der Waals surface area contributed by atoms with Crippen LogP contribution < -0.4 is 10.6 Å². The second-order valence-electron chi connectivity index (χ2n) is 6.84. The first kappa shape index (κ1) is 25.4. The molecule has 0 fully saturated rings. The van der Waals surface area contributed by atoms with E-state index in [1.165, 1.54) is 32.1 Å². The molecule has 0 radical (unpaired) electrons. The predicted molar refractivity (Wildman–Crippen MR) is 115 cm³/mol. The average molecular weight is 459 g/mol. The Hall–Kier alpha value is 0.150. The molecule has 0 spiro atoms. The third kappa shape index (κ3) is 13.2. The van der Waals surface area contributed by atoms with E-state index in [1.54, 1.807) is 7.05 Å². The SMILES string of the molecule is CCCCC(CCC)CNC(=NC)NCCS(=O)C(C)(C)C.I. The molecule has 0 amide bonds. The molecular weight excluding hydrogens is 421 g/mol. The lowest BCUT2D eigenvalue weighted by Gasteiger charge is -2.20. The number of nitrogens with one attached hydrogen (secondary N) is 2. The molecule has 0 rings (SSSR count). The average Bonchev–Trinajstić information content (AvgIpc) is 2.46. The van der Waals surface area contributed by atoms with E-state index < -0.39 is 10.8 Å². The quantitative estimate of drug-likeness (QED) is 0.296. The van der Waals surface area contributed by atoms with Gasteiger partial charge in [0, 0.05) is 41.4 Å². The first-order valence-electron chi connectivity index (χ1n) is 8.68. The van der Waals surface area contributed by atoms with Crippen LogP contribution in [0.2, 0.25) is 0 Å². The summed E-state index contributed by atoms with van der Waals surface area (Å²) >= 11 is 0. The number of unbranched alkanes of at least 4 members (excludes halogenated alkanes) is 1. The van der Waals surface area contributed by atoms with Crippen molar-refractivity contribution in [2.24, 2.45) is 10.9 Å². The number of guanidine groups is 1. The van der Waals surface area contributed by atoms with E-state index >= 15 is 0 Å². The molecule has 0 aromatic carbocycles. The lowest BCUT2D eigenvalue weighted by molar-refractivity contribution is 0.423. The van der Waals surface area contributed by atoms with E-state index in [0.717, 1.165) is 12.5 Å². The highest BCUT2D eigenvalue weighted by molar-refractivity contribution is 14.0. The van der Waals surface area contributed by atoms with Gasteiger partial charge in [-0.15, -0.1) is 24.0 Å². The normalized spacial score (nSPS) is 14.8. The van der Waals surface area contributed by atoms with Gasteiger partial charge < -0.3 is 10.6 Å². The minimum atomic E-state index is -0.821. The van der Waals surface area contributed by atoms with Crippen molar-refractivity contribution < 1.29 is 4.21 Å². The molecule has 0 aliphatic carbocycles. The fourth-order valence-corrected chi connectivity index (χ4v) is 3.18. The number of nitrogens with zero attached hydrogens (tertiary/aromatic N) is 1. The van der Waals surface area contributed by atoms with Crippen molar-refractivity contribution in [2.75, 3.05) is 25.9 Å². The molecule has 0 aromatic heterocycles. The van der Waals surface area contributed by atoms with Crippen molar-refractivity contribution >= 4 is 40.7 Å². The van der Waals surface area contributed by atoms with Crippen LogP contribution in [-0.2, 0) is 10.8 Å². The van der Waals surface area contributed by atoms with Crippen molar-refractivity contribution in [3.63, 3.8) is 0 Å². The van der Waals surface area contributed by atoms with Gasteiger partial charge >= 0.3 is 0 Å². The van der Waals surface area contributed by atoms with E-state index in [0.29, 0.717) is 18.2 Å². The summed E-state index contributed by atoms with van der Waals surface area (Å²) < 4.78 is 11.9. The lowest BCUT2D eigenvalue weighted by Crippen LogP contribution is -2.42. The molecule has 2 atom stereocenters. The summed E-state index contributed by atoms with van der Waals surface area (Å²) in [6.07, 6.45) is 6.32. The summed E-state index contributed by atoms with van der Waals surface area (Å²) in [7, 11) is 0.968. The van der Waals surface area contributed by atoms with Crippen molar-refractivity contribution in [3.8, 4) is 0 Å². The predicted octanol–water partition coefficient (Wildman–Crippen LogP) is 3.92. The Morgan fingerprint density at radius 2 is 1.78 bits per heavy atom. The molecule has 2 unspecified atom stereocenters. The second-order valence-corrected chi connectivity index (χ2v) is 9.16. The zero-order chi connectivity index (χ0) is 17.0. The van der Waals surface area contributed by atoms with Gasteiger partial charge in [0.25, 0.3) is 0 Å². The van der Waals surface area contributed by atoms with Crippen LogP contribution in [0.15, 0.2) is 4.99 Å². The van der Waals surface area contributed by atoms with Crippen LogP contribution in [0.4, 0.5) is 0 Å². The van der Waals surface area contributed by atoms with Gasteiger partial charge in [0.2, 0.25) is 0 Å². The Labute approximate surface area is 163 Å². The standard InChI is InChI=1S/C17H37N3OS.HI/c1-7-9-11-15(10-8-2)14-20-16(18-6)19-12-13-22(21)17(3,4)5;/h15H,7-14H2,1-6H3,(H2,18,19,20);1H. The largest absolute Gasteiger partial charge is 0.356 e. The number of rotatable bonds is 10. The van der Waals surface area contributed by atoms with Gasteiger partial charge in [-0.3, -0.25) is 9.20 Å². The highest BCUT2D eigenvalue weighted by Gasteiger charge is 2.18. The Balaban J connectivity index is 0. The van der Waals surface area contributed by atoms with Gasteiger partial charge in [-0.2, -0.15) is 0 Å². The number of hydrogen-bond donors (Lipinski definition) is 2. The fraction of sp³-hybridized carbons (Fsp3) is 0.941. The molecule has 6 heteroatoms. The molecule has 140 valence electrons. The van der Waals surface area contributed by atoms with E-state index in [4.69, 9.17) is 0 Å². The fourth-order valence-electron chi connectivity index (χ4n) is 2.28. The Kier molecular flexibility index (Phi) is 16.0.